The van der Waals surface area contributed by atoms with Gasteiger partial charge in [-0.3, -0.25) is 10.1 Å². The van der Waals surface area contributed by atoms with Crippen LogP contribution in [0.5, 0.6) is 0 Å². The van der Waals surface area contributed by atoms with E-state index >= 15 is 0 Å². The lowest BCUT2D eigenvalue weighted by Gasteiger charge is -2.09. The highest BCUT2D eigenvalue weighted by Gasteiger charge is 2.16. The van der Waals surface area contributed by atoms with Crippen LogP contribution >= 0.6 is 47.0 Å². The molecule has 0 bridgehead atoms. The van der Waals surface area contributed by atoms with Crippen LogP contribution in [0.2, 0.25) is 15.2 Å². The van der Waals surface area contributed by atoms with E-state index in [0.29, 0.717) is 27.1 Å². The maximum Gasteiger partial charge on any atom is 0.293 e. The van der Waals surface area contributed by atoms with Crippen molar-refractivity contribution in [1.29, 1.82) is 0 Å². The van der Waals surface area contributed by atoms with Crippen molar-refractivity contribution in [1.82, 2.24) is 10.3 Å². The summed E-state index contributed by atoms with van der Waals surface area (Å²) >= 11 is 23.1. The number of anilines is 1. The Kier molecular flexibility index (Phi) is 5.78. The van der Waals surface area contributed by atoms with E-state index in [4.69, 9.17) is 51.4 Å². The normalized spacial score (nSPS) is 10.4. The second-order valence-corrected chi connectivity index (χ2v) is 6.65. The minimum absolute atomic E-state index is 0.0589. The van der Waals surface area contributed by atoms with E-state index in [9.17, 15) is 4.79 Å². The fourth-order valence-electron chi connectivity index (χ4n) is 2.09. The molecule has 0 fully saturated rings. The van der Waals surface area contributed by atoms with E-state index < -0.39 is 5.91 Å². The Balaban J connectivity index is 1.71. The summed E-state index contributed by atoms with van der Waals surface area (Å²) in [5.74, 6) is -0.0405. The first kappa shape index (κ1) is 18.7. The van der Waals surface area contributed by atoms with Gasteiger partial charge in [-0.1, -0.05) is 34.8 Å². The van der Waals surface area contributed by atoms with Crippen molar-refractivity contribution in [3.8, 4) is 11.3 Å². The number of aromatic nitrogens is 1. The van der Waals surface area contributed by atoms with Crippen LogP contribution < -0.4 is 10.6 Å². The van der Waals surface area contributed by atoms with Crippen LogP contribution in [0.4, 0.5) is 5.69 Å². The van der Waals surface area contributed by atoms with Gasteiger partial charge in [-0.15, -0.1) is 0 Å². The molecular formula is C17H10Cl3N3O2S. The standard InChI is InChI=1S/C17H10Cl3N3O2S/c18-9-3-4-11(19)10(8-9)13-5-6-14(25-13)16(24)23-17(26)22-12-2-1-7-21-15(12)20/h1-8H,(H2,22,23,24,26). The highest BCUT2D eigenvalue weighted by molar-refractivity contribution is 7.80. The second kappa shape index (κ2) is 8.05. The molecular weight excluding hydrogens is 417 g/mol. The smallest absolute Gasteiger partial charge is 0.293 e. The number of amides is 1. The third-order valence-electron chi connectivity index (χ3n) is 3.26. The van der Waals surface area contributed by atoms with Gasteiger partial charge in [0.1, 0.15) is 5.76 Å². The number of nitrogens with one attached hydrogen (secondary N) is 2. The monoisotopic (exact) mass is 425 g/mol. The zero-order chi connectivity index (χ0) is 18.7. The van der Waals surface area contributed by atoms with Gasteiger partial charge < -0.3 is 9.73 Å². The number of benzene rings is 1. The highest BCUT2D eigenvalue weighted by Crippen LogP contribution is 2.31. The molecule has 2 aromatic heterocycles. The van der Waals surface area contributed by atoms with Crippen LogP contribution in [0.3, 0.4) is 0 Å². The van der Waals surface area contributed by atoms with E-state index in [1.54, 1.807) is 42.6 Å². The largest absolute Gasteiger partial charge is 0.451 e. The zero-order valence-electron chi connectivity index (χ0n) is 12.9. The number of carbonyl (C=O) groups excluding carboxylic acids is 1. The molecule has 9 heteroatoms. The first-order valence-corrected chi connectivity index (χ1v) is 8.76. The van der Waals surface area contributed by atoms with E-state index in [-0.39, 0.29) is 16.0 Å². The van der Waals surface area contributed by atoms with Crippen molar-refractivity contribution in [2.24, 2.45) is 0 Å². The van der Waals surface area contributed by atoms with E-state index in [1.165, 1.54) is 6.07 Å². The third kappa shape index (κ3) is 4.34. The second-order valence-electron chi connectivity index (χ2n) is 5.04. The van der Waals surface area contributed by atoms with E-state index in [2.05, 4.69) is 15.6 Å². The molecule has 0 saturated carbocycles. The Labute approximate surface area is 169 Å². The lowest BCUT2D eigenvalue weighted by molar-refractivity contribution is 0.0951. The Morgan fingerprint density at radius 2 is 1.92 bits per heavy atom. The van der Waals surface area contributed by atoms with Crippen LogP contribution in [-0.2, 0) is 0 Å². The lowest BCUT2D eigenvalue weighted by atomic mass is 10.2. The molecule has 3 aromatic rings. The van der Waals surface area contributed by atoms with E-state index in [0.717, 1.165) is 0 Å². The van der Waals surface area contributed by atoms with Crippen molar-refractivity contribution in [3.63, 3.8) is 0 Å². The van der Waals surface area contributed by atoms with Gasteiger partial charge in [-0.25, -0.2) is 4.98 Å². The molecule has 3 rings (SSSR count). The van der Waals surface area contributed by atoms with Crippen molar-refractivity contribution in [2.45, 2.75) is 0 Å². The summed E-state index contributed by atoms with van der Waals surface area (Å²) in [4.78, 5) is 16.2. The van der Waals surface area contributed by atoms with Crippen LogP contribution in [0.15, 0.2) is 53.1 Å². The number of pyridine rings is 1. The van der Waals surface area contributed by atoms with Crippen molar-refractivity contribution in [2.75, 3.05) is 5.32 Å². The maximum atomic E-state index is 12.3. The molecule has 0 atom stereocenters. The summed E-state index contributed by atoms with van der Waals surface area (Å²) < 4.78 is 5.56. The van der Waals surface area contributed by atoms with Gasteiger partial charge in [0.15, 0.2) is 16.0 Å². The number of hydrogen-bond acceptors (Lipinski definition) is 4. The average Bonchev–Trinajstić information content (AvgIpc) is 3.09. The molecule has 2 heterocycles. The van der Waals surface area contributed by atoms with Crippen LogP contribution in [0, 0.1) is 0 Å². The molecule has 1 aromatic carbocycles. The maximum absolute atomic E-state index is 12.3. The van der Waals surface area contributed by atoms with Gasteiger partial charge in [-0.05, 0) is 54.7 Å². The molecule has 0 unspecified atom stereocenters. The summed E-state index contributed by atoms with van der Waals surface area (Å²) in [7, 11) is 0. The number of furan rings is 1. The minimum Gasteiger partial charge on any atom is -0.451 e. The fourth-order valence-corrected chi connectivity index (χ4v) is 2.84. The Bertz CT molecular complexity index is 991. The number of thiocarbonyl (C=S) groups is 1. The molecule has 0 radical (unpaired) electrons. The predicted octanol–water partition coefficient (Wildman–Crippen LogP) is 5.43. The highest BCUT2D eigenvalue weighted by atomic mass is 35.5. The van der Waals surface area contributed by atoms with Crippen molar-refractivity contribution < 1.29 is 9.21 Å². The molecule has 26 heavy (non-hydrogen) atoms. The number of rotatable bonds is 3. The molecule has 2 N–H and O–H groups in total. The number of hydrogen-bond donors (Lipinski definition) is 2. The zero-order valence-corrected chi connectivity index (χ0v) is 16.0. The van der Waals surface area contributed by atoms with Crippen LogP contribution in [-0.4, -0.2) is 16.0 Å². The number of carbonyl (C=O) groups is 1. The van der Waals surface area contributed by atoms with Gasteiger partial charge in [0.05, 0.1) is 10.7 Å². The van der Waals surface area contributed by atoms with Gasteiger partial charge in [0.25, 0.3) is 5.91 Å². The Hall–Kier alpha value is -2.12. The Morgan fingerprint density at radius 1 is 1.12 bits per heavy atom. The van der Waals surface area contributed by atoms with Gasteiger partial charge in [0, 0.05) is 16.8 Å². The van der Waals surface area contributed by atoms with Gasteiger partial charge in [0.2, 0.25) is 0 Å². The quantitative estimate of drug-likeness (QED) is 0.432. The third-order valence-corrected chi connectivity index (χ3v) is 4.33. The lowest BCUT2D eigenvalue weighted by Crippen LogP contribution is -2.34. The average molecular weight is 427 g/mol. The molecule has 1 amide bonds. The van der Waals surface area contributed by atoms with Crippen molar-refractivity contribution in [3.05, 3.63) is 69.6 Å². The molecule has 0 aliphatic heterocycles. The summed E-state index contributed by atoms with van der Waals surface area (Å²) in [6, 6.07) is 11.5. The first-order chi connectivity index (χ1) is 12.4. The summed E-state index contributed by atoms with van der Waals surface area (Å²) in [6.07, 6.45) is 1.54. The predicted molar refractivity (Wildman–Crippen MR) is 107 cm³/mol. The molecule has 5 nitrogen and oxygen atoms in total. The fraction of sp³-hybridized carbons (Fsp3) is 0. The molecule has 0 spiro atoms. The molecule has 0 saturated heterocycles. The van der Waals surface area contributed by atoms with Crippen LogP contribution in [0.1, 0.15) is 10.6 Å². The molecule has 0 aliphatic rings. The molecule has 132 valence electrons. The van der Waals surface area contributed by atoms with Crippen molar-refractivity contribution >= 4 is 63.7 Å². The molecule has 0 aliphatic carbocycles. The van der Waals surface area contributed by atoms with E-state index in [1.807, 2.05) is 0 Å². The first-order valence-electron chi connectivity index (χ1n) is 7.22. The summed E-state index contributed by atoms with van der Waals surface area (Å²) in [5.41, 5.74) is 1.06. The number of halogens is 3. The Morgan fingerprint density at radius 3 is 2.69 bits per heavy atom. The summed E-state index contributed by atoms with van der Waals surface area (Å²) in [5, 5.41) is 6.55. The SMILES string of the molecule is O=C(NC(=S)Nc1cccnc1Cl)c1ccc(-c2cc(Cl)ccc2Cl)o1. The topological polar surface area (TPSA) is 67.2 Å². The van der Waals surface area contributed by atoms with Crippen LogP contribution in [0.25, 0.3) is 11.3 Å². The number of nitrogens with zero attached hydrogens (tertiary/aromatic N) is 1. The minimum atomic E-state index is -0.521. The van der Waals surface area contributed by atoms with Gasteiger partial charge >= 0.3 is 0 Å². The van der Waals surface area contributed by atoms with Gasteiger partial charge in [-0.2, -0.15) is 0 Å². The summed E-state index contributed by atoms with van der Waals surface area (Å²) in [6.45, 7) is 0.